The predicted octanol–water partition coefficient (Wildman–Crippen LogP) is 4.97. The average Bonchev–Trinajstić information content (AvgIpc) is 2.70. The van der Waals surface area contributed by atoms with Crippen LogP contribution >= 0.6 is 11.6 Å². The van der Waals surface area contributed by atoms with Crippen molar-refractivity contribution in [2.75, 3.05) is 17.7 Å². The molecule has 0 aliphatic carbocycles. The fourth-order valence-corrected chi connectivity index (χ4v) is 2.73. The molecule has 6 nitrogen and oxygen atoms in total. The number of carbonyl (C=O) groups is 1. The first kappa shape index (κ1) is 18.7. The summed E-state index contributed by atoms with van der Waals surface area (Å²) in [6.45, 7) is 2.10. The fraction of sp³-hybridized carbons (Fsp3) is 0.150. The van der Waals surface area contributed by atoms with Gasteiger partial charge in [-0.3, -0.25) is 0 Å². The molecule has 0 saturated carbocycles. The molecule has 0 saturated heterocycles. The monoisotopic (exact) mass is 382 g/mol. The Labute approximate surface area is 162 Å². The highest BCUT2D eigenvalue weighted by Crippen LogP contribution is 2.26. The highest BCUT2D eigenvalue weighted by atomic mass is 35.5. The van der Waals surface area contributed by atoms with E-state index in [1.807, 2.05) is 18.2 Å². The molecular weight excluding hydrogens is 364 g/mol. The Morgan fingerprint density at radius 2 is 1.93 bits per heavy atom. The minimum atomic E-state index is -0.442. The zero-order chi connectivity index (χ0) is 19.2. The topological polar surface area (TPSA) is 76.1 Å². The minimum absolute atomic E-state index is 0.359. The van der Waals surface area contributed by atoms with Crippen molar-refractivity contribution in [3.05, 3.63) is 70.9 Å². The Balaban J connectivity index is 1.83. The van der Waals surface area contributed by atoms with Gasteiger partial charge in [-0.05, 0) is 42.3 Å². The van der Waals surface area contributed by atoms with Crippen LogP contribution in [0.5, 0.6) is 0 Å². The molecule has 0 radical (unpaired) electrons. The van der Waals surface area contributed by atoms with Gasteiger partial charge in [0.2, 0.25) is 5.95 Å². The summed E-state index contributed by atoms with van der Waals surface area (Å²) in [5.41, 5.74) is 3.09. The molecule has 27 heavy (non-hydrogen) atoms. The molecule has 0 aliphatic heterocycles. The summed E-state index contributed by atoms with van der Waals surface area (Å²) in [7, 11) is 1.33. The van der Waals surface area contributed by atoms with Gasteiger partial charge < -0.3 is 15.4 Å². The number of hydrogen-bond acceptors (Lipinski definition) is 6. The molecule has 3 aromatic rings. The largest absolute Gasteiger partial charge is 0.465 e. The van der Waals surface area contributed by atoms with Crippen LogP contribution < -0.4 is 10.6 Å². The molecule has 0 aliphatic rings. The Kier molecular flexibility index (Phi) is 5.88. The van der Waals surface area contributed by atoms with Gasteiger partial charge in [0.05, 0.1) is 23.4 Å². The number of anilines is 4. The van der Waals surface area contributed by atoms with E-state index >= 15 is 0 Å². The summed E-state index contributed by atoms with van der Waals surface area (Å²) in [6.07, 6.45) is 2.56. The Hall–Kier alpha value is -3.12. The average molecular weight is 383 g/mol. The number of rotatable bonds is 6. The van der Waals surface area contributed by atoms with Gasteiger partial charge in [0.1, 0.15) is 5.82 Å². The predicted molar refractivity (Wildman–Crippen MR) is 107 cm³/mol. The van der Waals surface area contributed by atoms with E-state index in [9.17, 15) is 4.79 Å². The smallest absolute Gasteiger partial charge is 0.337 e. The third-order valence-corrected chi connectivity index (χ3v) is 4.28. The number of aromatic nitrogens is 2. The third kappa shape index (κ3) is 4.54. The summed E-state index contributed by atoms with van der Waals surface area (Å²) in [5.74, 6) is 0.564. The lowest BCUT2D eigenvalue weighted by atomic mass is 10.1. The minimum Gasteiger partial charge on any atom is -0.465 e. The highest BCUT2D eigenvalue weighted by molar-refractivity contribution is 6.33. The number of benzene rings is 2. The molecule has 2 N–H and O–H groups in total. The van der Waals surface area contributed by atoms with Crippen molar-refractivity contribution in [3.63, 3.8) is 0 Å². The van der Waals surface area contributed by atoms with E-state index in [4.69, 9.17) is 16.3 Å². The molecule has 0 bridgehead atoms. The third-order valence-electron chi connectivity index (χ3n) is 3.95. The number of nitrogens with one attached hydrogen (secondary N) is 2. The Morgan fingerprint density at radius 1 is 1.11 bits per heavy atom. The van der Waals surface area contributed by atoms with Crippen LogP contribution in [0.25, 0.3) is 0 Å². The number of esters is 1. The van der Waals surface area contributed by atoms with E-state index in [0.717, 1.165) is 12.1 Å². The van der Waals surface area contributed by atoms with Crippen molar-refractivity contribution in [1.29, 1.82) is 0 Å². The molecule has 7 heteroatoms. The first-order valence-electron chi connectivity index (χ1n) is 8.43. The molecule has 0 unspecified atom stereocenters. The van der Waals surface area contributed by atoms with Gasteiger partial charge in [0, 0.05) is 11.9 Å². The van der Waals surface area contributed by atoms with Crippen molar-refractivity contribution in [2.24, 2.45) is 0 Å². The van der Waals surface area contributed by atoms with Crippen LogP contribution in [0.15, 0.2) is 54.7 Å². The van der Waals surface area contributed by atoms with Gasteiger partial charge in [-0.1, -0.05) is 36.7 Å². The molecular formula is C20H19ClN4O2. The van der Waals surface area contributed by atoms with Crippen LogP contribution in [0, 0.1) is 0 Å². The first-order chi connectivity index (χ1) is 13.1. The van der Waals surface area contributed by atoms with E-state index in [-0.39, 0.29) is 0 Å². The second kappa shape index (κ2) is 8.51. The maximum absolute atomic E-state index is 11.7. The quantitative estimate of drug-likeness (QED) is 0.586. The van der Waals surface area contributed by atoms with Gasteiger partial charge >= 0.3 is 5.97 Å². The number of carbonyl (C=O) groups excluding carboxylic acids is 1. The van der Waals surface area contributed by atoms with E-state index in [0.29, 0.717) is 28.0 Å². The molecule has 1 heterocycles. The first-order valence-corrected chi connectivity index (χ1v) is 8.81. The summed E-state index contributed by atoms with van der Waals surface area (Å²) < 4.78 is 4.74. The number of para-hydroxylation sites is 1. The maximum Gasteiger partial charge on any atom is 0.337 e. The lowest BCUT2D eigenvalue weighted by molar-refractivity contribution is 0.0601. The van der Waals surface area contributed by atoms with E-state index < -0.39 is 5.97 Å². The second-order valence-corrected chi connectivity index (χ2v) is 6.12. The molecule has 0 atom stereocenters. The van der Waals surface area contributed by atoms with Crippen molar-refractivity contribution < 1.29 is 9.53 Å². The molecule has 2 aromatic carbocycles. The number of ether oxygens (including phenoxy) is 1. The Bertz CT molecular complexity index is 962. The van der Waals surface area contributed by atoms with Crippen molar-refractivity contribution >= 4 is 40.7 Å². The van der Waals surface area contributed by atoms with E-state index in [1.54, 1.807) is 30.5 Å². The van der Waals surface area contributed by atoms with Crippen LogP contribution in [0.4, 0.5) is 23.1 Å². The molecule has 1 aromatic heterocycles. The van der Waals surface area contributed by atoms with Gasteiger partial charge in [-0.15, -0.1) is 0 Å². The summed E-state index contributed by atoms with van der Waals surface area (Å²) in [6, 6.07) is 14.7. The highest BCUT2D eigenvalue weighted by Gasteiger charge is 2.10. The Morgan fingerprint density at radius 3 is 2.70 bits per heavy atom. The lowest BCUT2D eigenvalue weighted by Gasteiger charge is -2.12. The molecule has 0 spiro atoms. The van der Waals surface area contributed by atoms with Gasteiger partial charge in [-0.2, -0.15) is 4.98 Å². The zero-order valence-corrected chi connectivity index (χ0v) is 15.7. The normalized spacial score (nSPS) is 10.3. The van der Waals surface area contributed by atoms with Crippen LogP contribution in [0.3, 0.4) is 0 Å². The fourth-order valence-electron chi connectivity index (χ4n) is 2.56. The molecule has 0 fully saturated rings. The maximum atomic E-state index is 11.7. The van der Waals surface area contributed by atoms with Crippen molar-refractivity contribution in [3.8, 4) is 0 Å². The molecule has 0 amide bonds. The van der Waals surface area contributed by atoms with Gasteiger partial charge in [-0.25, -0.2) is 9.78 Å². The SMILES string of the molecule is CCc1ccccc1Nc1ccnc(Nc2cc(C(=O)OC)ccc2Cl)n1. The number of nitrogens with zero attached hydrogens (tertiary/aromatic N) is 2. The van der Waals surface area contributed by atoms with Crippen LogP contribution in [-0.4, -0.2) is 23.0 Å². The van der Waals surface area contributed by atoms with Crippen molar-refractivity contribution in [2.45, 2.75) is 13.3 Å². The molecule has 3 rings (SSSR count). The number of hydrogen-bond donors (Lipinski definition) is 2. The molecule has 138 valence electrons. The number of methoxy groups -OCH3 is 1. The second-order valence-electron chi connectivity index (χ2n) is 5.71. The van der Waals surface area contributed by atoms with Crippen molar-refractivity contribution in [1.82, 2.24) is 9.97 Å². The standard InChI is InChI=1S/C20H19ClN4O2/c1-3-13-6-4-5-7-16(13)23-18-10-11-22-20(25-18)24-17-12-14(19(26)27-2)8-9-15(17)21/h4-12H,3H2,1-2H3,(H2,22,23,24,25). The number of halogens is 1. The number of aryl methyl sites for hydroxylation is 1. The van der Waals surface area contributed by atoms with Crippen LogP contribution in [0.1, 0.15) is 22.8 Å². The summed E-state index contributed by atoms with van der Waals surface area (Å²) in [5, 5.41) is 6.79. The van der Waals surface area contributed by atoms with Crippen LogP contribution in [-0.2, 0) is 11.2 Å². The van der Waals surface area contributed by atoms with Gasteiger partial charge in [0.15, 0.2) is 0 Å². The summed E-state index contributed by atoms with van der Waals surface area (Å²) in [4.78, 5) is 20.4. The van der Waals surface area contributed by atoms with E-state index in [2.05, 4.69) is 33.6 Å². The van der Waals surface area contributed by atoms with Gasteiger partial charge in [0.25, 0.3) is 0 Å². The lowest BCUT2D eigenvalue weighted by Crippen LogP contribution is -2.04. The van der Waals surface area contributed by atoms with Crippen LogP contribution in [0.2, 0.25) is 5.02 Å². The van der Waals surface area contributed by atoms with E-state index in [1.165, 1.54) is 12.7 Å². The summed E-state index contributed by atoms with van der Waals surface area (Å²) >= 11 is 6.22. The zero-order valence-electron chi connectivity index (χ0n) is 15.0.